The van der Waals surface area contributed by atoms with Crippen LogP contribution in [0.5, 0.6) is 0 Å². The van der Waals surface area contributed by atoms with E-state index >= 15 is 0 Å². The lowest BCUT2D eigenvalue weighted by molar-refractivity contribution is -0.131. The Morgan fingerprint density at radius 2 is 1.70 bits per heavy atom. The van der Waals surface area contributed by atoms with E-state index in [1.165, 1.54) is 0 Å². The van der Waals surface area contributed by atoms with Crippen molar-refractivity contribution in [2.24, 2.45) is 17.3 Å². The molecule has 1 rings (SSSR count). The van der Waals surface area contributed by atoms with Crippen LogP contribution in [0.15, 0.2) is 0 Å². The molecule has 1 aliphatic carbocycles. The molecule has 1 atom stereocenters. The van der Waals surface area contributed by atoms with Crippen molar-refractivity contribution in [3.63, 3.8) is 0 Å². The molecule has 0 aromatic heterocycles. The lowest BCUT2D eigenvalue weighted by Crippen LogP contribution is -2.47. The molecule has 0 bridgehead atoms. The molecule has 0 unspecified atom stereocenters. The largest absolute Gasteiger partial charge is 0.355 e. The molecule has 0 saturated heterocycles. The zero-order chi connectivity index (χ0) is 15.3. The van der Waals surface area contributed by atoms with Crippen molar-refractivity contribution in [3.8, 4) is 0 Å². The van der Waals surface area contributed by atoms with Crippen LogP contribution in [0, 0.1) is 17.3 Å². The van der Waals surface area contributed by atoms with Crippen molar-refractivity contribution < 1.29 is 9.59 Å². The predicted octanol–water partition coefficient (Wildman–Crippen LogP) is 2.48. The smallest absolute Gasteiger partial charge is 0.242 e. The van der Waals surface area contributed by atoms with Crippen LogP contribution < -0.4 is 10.6 Å². The average Bonchev–Trinajstić information content (AvgIpc) is 2.38. The summed E-state index contributed by atoms with van der Waals surface area (Å²) in [6.07, 6.45) is 4.10. The second kappa shape index (κ2) is 7.09. The van der Waals surface area contributed by atoms with E-state index in [1.807, 2.05) is 6.92 Å². The topological polar surface area (TPSA) is 58.2 Å². The number of nitrogens with one attached hydrogen (secondary N) is 2. The van der Waals surface area contributed by atoms with Gasteiger partial charge in [0.25, 0.3) is 0 Å². The molecule has 1 saturated carbocycles. The third-order valence-electron chi connectivity index (χ3n) is 4.43. The van der Waals surface area contributed by atoms with Gasteiger partial charge in [-0.05, 0) is 50.9 Å². The number of rotatable bonds is 4. The summed E-state index contributed by atoms with van der Waals surface area (Å²) in [5, 5.41) is 5.56. The predicted molar refractivity (Wildman–Crippen MR) is 81.2 cm³/mol. The fourth-order valence-electron chi connectivity index (χ4n) is 2.95. The standard InChI is InChI=1S/C16H30N2O2/c1-6-17-14(19)11(2)18-15(20)12-7-9-13(10-8-12)16(3,4)5/h11-13H,6-10H2,1-5H3,(H,17,19)(H,18,20)/t11-,12?,13?/m0/s1. The molecule has 4 heteroatoms. The minimum Gasteiger partial charge on any atom is -0.355 e. The van der Waals surface area contributed by atoms with E-state index in [0.717, 1.165) is 25.7 Å². The van der Waals surface area contributed by atoms with E-state index in [4.69, 9.17) is 0 Å². The molecule has 20 heavy (non-hydrogen) atoms. The van der Waals surface area contributed by atoms with E-state index < -0.39 is 6.04 Å². The Hall–Kier alpha value is -1.06. The van der Waals surface area contributed by atoms with E-state index in [9.17, 15) is 9.59 Å². The Bertz CT molecular complexity index is 339. The summed E-state index contributed by atoms with van der Waals surface area (Å²) in [5.74, 6) is 0.707. The van der Waals surface area contributed by atoms with Crippen LogP contribution in [-0.2, 0) is 9.59 Å². The summed E-state index contributed by atoms with van der Waals surface area (Å²) < 4.78 is 0. The summed E-state index contributed by atoms with van der Waals surface area (Å²) in [7, 11) is 0. The number of likely N-dealkylation sites (N-methyl/N-ethyl adjacent to an activating group) is 1. The Labute approximate surface area is 123 Å². The summed E-state index contributed by atoms with van der Waals surface area (Å²) in [4.78, 5) is 23.8. The molecule has 0 aromatic rings. The summed E-state index contributed by atoms with van der Waals surface area (Å²) in [6, 6.07) is -0.442. The summed E-state index contributed by atoms with van der Waals surface area (Å²) in [6.45, 7) is 11.0. The minimum atomic E-state index is -0.442. The Balaban J connectivity index is 2.41. The molecular formula is C16H30N2O2. The van der Waals surface area contributed by atoms with Gasteiger partial charge in [-0.25, -0.2) is 0 Å². The maximum atomic E-state index is 12.2. The van der Waals surface area contributed by atoms with Gasteiger partial charge in [-0.1, -0.05) is 20.8 Å². The number of carbonyl (C=O) groups excluding carboxylic acids is 2. The van der Waals surface area contributed by atoms with E-state index in [0.29, 0.717) is 17.9 Å². The van der Waals surface area contributed by atoms with Crippen LogP contribution in [0.3, 0.4) is 0 Å². The number of amides is 2. The first-order valence-corrected chi connectivity index (χ1v) is 7.83. The second-order valence-corrected chi connectivity index (χ2v) is 7.04. The molecule has 0 aliphatic heterocycles. The van der Waals surface area contributed by atoms with Gasteiger partial charge in [0.2, 0.25) is 11.8 Å². The zero-order valence-electron chi connectivity index (χ0n) is 13.6. The first-order valence-electron chi connectivity index (χ1n) is 7.83. The summed E-state index contributed by atoms with van der Waals surface area (Å²) in [5.41, 5.74) is 0.329. The fourth-order valence-corrected chi connectivity index (χ4v) is 2.95. The van der Waals surface area contributed by atoms with Gasteiger partial charge in [-0.15, -0.1) is 0 Å². The Morgan fingerprint density at radius 3 is 2.15 bits per heavy atom. The molecule has 1 fully saturated rings. The lowest BCUT2D eigenvalue weighted by Gasteiger charge is -2.36. The van der Waals surface area contributed by atoms with Crippen LogP contribution in [0.1, 0.15) is 60.3 Å². The third-order valence-corrected chi connectivity index (χ3v) is 4.43. The molecule has 0 radical (unpaired) electrons. The highest BCUT2D eigenvalue weighted by Crippen LogP contribution is 2.39. The highest BCUT2D eigenvalue weighted by Gasteiger charge is 2.32. The van der Waals surface area contributed by atoms with E-state index in [1.54, 1.807) is 6.92 Å². The van der Waals surface area contributed by atoms with Crippen molar-refractivity contribution in [3.05, 3.63) is 0 Å². The van der Waals surface area contributed by atoms with Crippen molar-refractivity contribution in [2.45, 2.75) is 66.3 Å². The van der Waals surface area contributed by atoms with Crippen LogP contribution in [0.4, 0.5) is 0 Å². The zero-order valence-corrected chi connectivity index (χ0v) is 13.6. The molecule has 116 valence electrons. The number of carbonyl (C=O) groups is 2. The SMILES string of the molecule is CCNC(=O)[C@H](C)NC(=O)C1CCC(C(C)(C)C)CC1. The van der Waals surface area contributed by atoms with E-state index in [-0.39, 0.29) is 17.7 Å². The van der Waals surface area contributed by atoms with Crippen molar-refractivity contribution in [2.75, 3.05) is 6.54 Å². The molecule has 0 heterocycles. The van der Waals surface area contributed by atoms with Crippen molar-refractivity contribution in [1.82, 2.24) is 10.6 Å². The van der Waals surface area contributed by atoms with Gasteiger partial charge in [-0.3, -0.25) is 9.59 Å². The summed E-state index contributed by atoms with van der Waals surface area (Å²) >= 11 is 0. The first kappa shape index (κ1) is 17.0. The number of hydrogen-bond donors (Lipinski definition) is 2. The molecule has 0 aromatic carbocycles. The van der Waals surface area contributed by atoms with Gasteiger partial charge in [0.05, 0.1) is 0 Å². The molecule has 2 N–H and O–H groups in total. The highest BCUT2D eigenvalue weighted by molar-refractivity contribution is 5.88. The van der Waals surface area contributed by atoms with Crippen LogP contribution >= 0.6 is 0 Å². The van der Waals surface area contributed by atoms with Crippen LogP contribution in [0.25, 0.3) is 0 Å². The van der Waals surface area contributed by atoms with Crippen molar-refractivity contribution >= 4 is 11.8 Å². The Kier molecular flexibility index (Phi) is 6.03. The Morgan fingerprint density at radius 1 is 1.15 bits per heavy atom. The van der Waals surface area contributed by atoms with Gasteiger partial charge in [-0.2, -0.15) is 0 Å². The van der Waals surface area contributed by atoms with Gasteiger partial charge in [0.15, 0.2) is 0 Å². The quantitative estimate of drug-likeness (QED) is 0.832. The normalized spacial score (nSPS) is 24.9. The number of hydrogen-bond acceptors (Lipinski definition) is 2. The van der Waals surface area contributed by atoms with Crippen LogP contribution in [0.2, 0.25) is 0 Å². The first-order chi connectivity index (χ1) is 9.25. The van der Waals surface area contributed by atoms with Gasteiger partial charge in [0, 0.05) is 12.5 Å². The molecule has 2 amide bonds. The molecular weight excluding hydrogens is 252 g/mol. The molecule has 4 nitrogen and oxygen atoms in total. The minimum absolute atomic E-state index is 0.0381. The monoisotopic (exact) mass is 282 g/mol. The fraction of sp³-hybridized carbons (Fsp3) is 0.875. The lowest BCUT2D eigenvalue weighted by atomic mass is 9.69. The van der Waals surface area contributed by atoms with Gasteiger partial charge in [0.1, 0.15) is 6.04 Å². The molecule has 0 spiro atoms. The third kappa shape index (κ3) is 4.80. The van der Waals surface area contributed by atoms with Crippen LogP contribution in [-0.4, -0.2) is 24.4 Å². The van der Waals surface area contributed by atoms with E-state index in [2.05, 4.69) is 31.4 Å². The maximum Gasteiger partial charge on any atom is 0.242 e. The second-order valence-electron chi connectivity index (χ2n) is 7.04. The highest BCUT2D eigenvalue weighted by atomic mass is 16.2. The maximum absolute atomic E-state index is 12.2. The molecule has 1 aliphatic rings. The van der Waals surface area contributed by atoms with Gasteiger partial charge >= 0.3 is 0 Å². The van der Waals surface area contributed by atoms with Crippen molar-refractivity contribution in [1.29, 1.82) is 0 Å². The average molecular weight is 282 g/mol. The van der Waals surface area contributed by atoms with Gasteiger partial charge < -0.3 is 10.6 Å².